The predicted molar refractivity (Wildman–Crippen MR) is 67.2 cm³/mol. The highest BCUT2D eigenvalue weighted by Gasteiger charge is 2.20. The van der Waals surface area contributed by atoms with Crippen LogP contribution in [0.5, 0.6) is 0 Å². The van der Waals surface area contributed by atoms with Crippen molar-refractivity contribution in [3.05, 3.63) is 30.0 Å². The van der Waals surface area contributed by atoms with Crippen LogP contribution in [0.2, 0.25) is 0 Å². The van der Waals surface area contributed by atoms with E-state index in [4.69, 9.17) is 5.73 Å². The lowest BCUT2D eigenvalue weighted by atomic mass is 10.2. The summed E-state index contributed by atoms with van der Waals surface area (Å²) in [5, 5.41) is 4.81. The molecule has 0 spiro atoms. The van der Waals surface area contributed by atoms with Crippen LogP contribution in [0.3, 0.4) is 0 Å². The van der Waals surface area contributed by atoms with Gasteiger partial charge in [0.15, 0.2) is 0 Å². The summed E-state index contributed by atoms with van der Waals surface area (Å²) in [6.45, 7) is 0.954. The average Bonchev–Trinajstić information content (AvgIpc) is 3.04. The average molecular weight is 215 g/mol. The van der Waals surface area contributed by atoms with Crippen LogP contribution < -0.4 is 11.1 Å². The Morgan fingerprint density at radius 2 is 2.19 bits per heavy atom. The largest absolute Gasteiger partial charge is 0.399 e. The third kappa shape index (κ3) is 1.67. The molecule has 0 aliphatic heterocycles. The zero-order chi connectivity index (χ0) is 11.1. The third-order valence-electron chi connectivity index (χ3n) is 3.32. The van der Waals surface area contributed by atoms with E-state index in [2.05, 4.69) is 29.1 Å². The Hall–Kier alpha value is -1.48. The number of anilines is 1. The summed E-state index contributed by atoms with van der Waals surface area (Å²) in [4.78, 5) is 0. The molecule has 1 saturated carbocycles. The fraction of sp³-hybridized carbons (Fsp3) is 0.385. The van der Waals surface area contributed by atoms with Gasteiger partial charge in [-0.05, 0) is 31.0 Å². The molecule has 3 nitrogen and oxygen atoms in total. The summed E-state index contributed by atoms with van der Waals surface area (Å²) in [5.74, 6) is 0. The maximum Gasteiger partial charge on any atom is 0.0500 e. The molecule has 1 fully saturated rings. The minimum Gasteiger partial charge on any atom is -0.399 e. The van der Waals surface area contributed by atoms with Crippen molar-refractivity contribution in [2.45, 2.75) is 25.4 Å². The molecule has 2 aromatic rings. The molecular weight excluding hydrogens is 198 g/mol. The van der Waals surface area contributed by atoms with Gasteiger partial charge in [-0.2, -0.15) is 0 Å². The highest BCUT2D eigenvalue weighted by Crippen LogP contribution is 2.23. The Labute approximate surface area is 95.2 Å². The third-order valence-corrected chi connectivity index (χ3v) is 3.32. The topological polar surface area (TPSA) is 43.0 Å². The van der Waals surface area contributed by atoms with Crippen LogP contribution in [0.1, 0.15) is 18.5 Å². The molecule has 0 amide bonds. The molecule has 0 radical (unpaired) electrons. The number of nitrogens with one attached hydrogen (secondary N) is 1. The molecule has 1 heterocycles. The summed E-state index contributed by atoms with van der Waals surface area (Å²) in [7, 11) is 2.10. The summed E-state index contributed by atoms with van der Waals surface area (Å²) in [6, 6.07) is 9.08. The highest BCUT2D eigenvalue weighted by atomic mass is 15.0. The lowest BCUT2D eigenvalue weighted by Crippen LogP contribution is -2.17. The SMILES string of the molecule is Cn1c(CNC2CC2)cc2ccc(N)cc21. The molecule has 1 aromatic carbocycles. The molecule has 3 heteroatoms. The van der Waals surface area contributed by atoms with Crippen LogP contribution in [-0.2, 0) is 13.6 Å². The summed E-state index contributed by atoms with van der Waals surface area (Å²) < 4.78 is 2.22. The lowest BCUT2D eigenvalue weighted by Gasteiger charge is -2.05. The smallest absolute Gasteiger partial charge is 0.0500 e. The van der Waals surface area contributed by atoms with Crippen LogP contribution >= 0.6 is 0 Å². The van der Waals surface area contributed by atoms with Crippen LogP contribution in [0.25, 0.3) is 10.9 Å². The first-order valence-electron chi connectivity index (χ1n) is 5.81. The number of nitrogen functional groups attached to an aromatic ring is 1. The number of benzene rings is 1. The van der Waals surface area contributed by atoms with Gasteiger partial charge < -0.3 is 15.6 Å². The molecule has 0 unspecified atom stereocenters. The predicted octanol–water partition coefficient (Wildman–Crippen LogP) is 2.01. The Balaban J connectivity index is 1.94. The van der Waals surface area contributed by atoms with E-state index < -0.39 is 0 Å². The second-order valence-electron chi connectivity index (χ2n) is 4.67. The van der Waals surface area contributed by atoms with Gasteiger partial charge in [0.2, 0.25) is 0 Å². The van der Waals surface area contributed by atoms with Crippen LogP contribution in [-0.4, -0.2) is 10.6 Å². The highest BCUT2D eigenvalue weighted by molar-refractivity contribution is 5.84. The van der Waals surface area contributed by atoms with Crippen molar-refractivity contribution in [3.8, 4) is 0 Å². The summed E-state index contributed by atoms with van der Waals surface area (Å²) in [5.41, 5.74) is 9.18. The van der Waals surface area contributed by atoms with Gasteiger partial charge in [-0.1, -0.05) is 6.07 Å². The molecule has 84 valence electrons. The fourth-order valence-electron chi connectivity index (χ4n) is 2.11. The van der Waals surface area contributed by atoms with Crippen LogP contribution in [0, 0.1) is 0 Å². The molecule has 3 rings (SSSR count). The minimum atomic E-state index is 0.753. The first-order valence-corrected chi connectivity index (χ1v) is 5.81. The second kappa shape index (κ2) is 3.52. The van der Waals surface area contributed by atoms with Crippen molar-refractivity contribution in [3.63, 3.8) is 0 Å². The molecule has 0 atom stereocenters. The van der Waals surface area contributed by atoms with Crippen molar-refractivity contribution >= 4 is 16.6 Å². The van der Waals surface area contributed by atoms with Crippen molar-refractivity contribution in [1.29, 1.82) is 0 Å². The molecule has 1 aliphatic rings. The van der Waals surface area contributed by atoms with Crippen molar-refractivity contribution in [2.75, 3.05) is 5.73 Å². The minimum absolute atomic E-state index is 0.753. The van der Waals surface area contributed by atoms with Gasteiger partial charge in [0.05, 0.1) is 5.52 Å². The monoisotopic (exact) mass is 215 g/mol. The number of aryl methyl sites for hydroxylation is 1. The van der Waals surface area contributed by atoms with Gasteiger partial charge in [0, 0.05) is 36.4 Å². The number of aromatic nitrogens is 1. The fourth-order valence-corrected chi connectivity index (χ4v) is 2.11. The number of fused-ring (bicyclic) bond motifs is 1. The summed E-state index contributed by atoms with van der Waals surface area (Å²) in [6.07, 6.45) is 2.66. The second-order valence-corrected chi connectivity index (χ2v) is 4.67. The van der Waals surface area contributed by atoms with E-state index in [0.29, 0.717) is 0 Å². The molecule has 3 N–H and O–H groups in total. The van der Waals surface area contributed by atoms with Crippen molar-refractivity contribution in [1.82, 2.24) is 9.88 Å². The van der Waals surface area contributed by atoms with E-state index in [1.165, 1.54) is 29.4 Å². The van der Waals surface area contributed by atoms with Gasteiger partial charge in [-0.25, -0.2) is 0 Å². The van der Waals surface area contributed by atoms with Gasteiger partial charge in [0.1, 0.15) is 0 Å². The number of rotatable bonds is 3. The van der Waals surface area contributed by atoms with E-state index in [1.807, 2.05) is 12.1 Å². The lowest BCUT2D eigenvalue weighted by molar-refractivity contribution is 0.655. The number of hydrogen-bond donors (Lipinski definition) is 2. The van der Waals surface area contributed by atoms with Crippen molar-refractivity contribution < 1.29 is 0 Å². The molecule has 1 aliphatic carbocycles. The first kappa shape index (κ1) is 9.73. The van der Waals surface area contributed by atoms with Crippen molar-refractivity contribution in [2.24, 2.45) is 7.05 Å². The van der Waals surface area contributed by atoms with E-state index in [-0.39, 0.29) is 0 Å². The quantitative estimate of drug-likeness (QED) is 0.769. The molecule has 1 aromatic heterocycles. The number of nitrogens with two attached hydrogens (primary N) is 1. The molecule has 0 saturated heterocycles. The number of nitrogens with zero attached hydrogens (tertiary/aromatic N) is 1. The standard InChI is InChI=1S/C13H17N3/c1-16-12(8-15-11-4-5-11)6-9-2-3-10(14)7-13(9)16/h2-3,6-7,11,15H,4-5,8,14H2,1H3. The Bertz CT molecular complexity index is 523. The van der Waals surface area contributed by atoms with Crippen LogP contribution in [0.4, 0.5) is 5.69 Å². The zero-order valence-electron chi connectivity index (χ0n) is 9.53. The van der Waals surface area contributed by atoms with Gasteiger partial charge >= 0.3 is 0 Å². The van der Waals surface area contributed by atoms with Gasteiger partial charge in [-0.15, -0.1) is 0 Å². The van der Waals surface area contributed by atoms with E-state index in [0.717, 1.165) is 18.3 Å². The number of hydrogen-bond acceptors (Lipinski definition) is 2. The Morgan fingerprint density at radius 1 is 1.38 bits per heavy atom. The maximum absolute atomic E-state index is 5.81. The molecular formula is C13H17N3. The van der Waals surface area contributed by atoms with E-state index in [1.54, 1.807) is 0 Å². The summed E-state index contributed by atoms with van der Waals surface area (Å²) >= 11 is 0. The molecule has 0 bridgehead atoms. The Kier molecular flexibility index (Phi) is 2.14. The van der Waals surface area contributed by atoms with Crippen LogP contribution in [0.15, 0.2) is 24.3 Å². The van der Waals surface area contributed by atoms with Gasteiger partial charge in [0.25, 0.3) is 0 Å². The first-order chi connectivity index (χ1) is 7.74. The van der Waals surface area contributed by atoms with Gasteiger partial charge in [-0.3, -0.25) is 0 Å². The Morgan fingerprint density at radius 3 is 2.94 bits per heavy atom. The zero-order valence-corrected chi connectivity index (χ0v) is 9.53. The molecule has 16 heavy (non-hydrogen) atoms. The normalized spacial score (nSPS) is 15.8. The van der Waals surface area contributed by atoms with E-state index in [9.17, 15) is 0 Å². The maximum atomic E-state index is 5.81. The van der Waals surface area contributed by atoms with E-state index >= 15 is 0 Å².